The molecule has 0 amide bonds. The molecule has 0 aromatic heterocycles. The van der Waals surface area contributed by atoms with Gasteiger partial charge in [-0.1, -0.05) is 49.1 Å². The van der Waals surface area contributed by atoms with E-state index in [1.807, 2.05) is 61.4 Å². The lowest BCUT2D eigenvalue weighted by Crippen LogP contribution is -1.86. The van der Waals surface area contributed by atoms with Crippen LogP contribution in [0.2, 0.25) is 0 Å². The van der Waals surface area contributed by atoms with E-state index in [1.165, 1.54) is 5.56 Å². The predicted molar refractivity (Wildman–Crippen MR) is 99.1 cm³/mol. The van der Waals surface area contributed by atoms with E-state index in [0.717, 1.165) is 22.6 Å². The number of methoxy groups -OCH3 is 1. The highest BCUT2D eigenvalue weighted by atomic mass is 16.5. The molecule has 0 saturated heterocycles. The van der Waals surface area contributed by atoms with Crippen LogP contribution in [0.25, 0.3) is 5.57 Å². The van der Waals surface area contributed by atoms with Gasteiger partial charge in [0.1, 0.15) is 24.0 Å². The monoisotopic (exact) mass is 322 g/mol. The van der Waals surface area contributed by atoms with Gasteiger partial charge >= 0.3 is 0 Å². The molecule has 2 aromatic carbocycles. The van der Waals surface area contributed by atoms with E-state index in [1.54, 1.807) is 13.2 Å². The third-order valence-corrected chi connectivity index (χ3v) is 3.21. The molecule has 0 radical (unpaired) electrons. The second-order valence-electron chi connectivity index (χ2n) is 4.97. The zero-order valence-corrected chi connectivity index (χ0v) is 14.1. The summed E-state index contributed by atoms with van der Waals surface area (Å²) in [7, 11) is 1.59. The first kappa shape index (κ1) is 19.0. The number of rotatable bonds is 6. The number of benzene rings is 2. The lowest BCUT2D eigenvalue weighted by atomic mass is 10.1. The quantitative estimate of drug-likeness (QED) is 0.532. The molecular weight excluding hydrogens is 300 g/mol. The number of carbonyl (C=O) groups excluding carboxylic acids is 1. The summed E-state index contributed by atoms with van der Waals surface area (Å²) in [4.78, 5) is 8.00. The van der Waals surface area contributed by atoms with Gasteiger partial charge in [0.25, 0.3) is 0 Å². The second-order valence-corrected chi connectivity index (χ2v) is 4.97. The molecule has 0 saturated carbocycles. The maximum absolute atomic E-state index is 8.00. The molecule has 0 aliphatic rings. The van der Waals surface area contributed by atoms with Crippen molar-refractivity contribution in [2.45, 2.75) is 6.92 Å². The summed E-state index contributed by atoms with van der Waals surface area (Å²) in [6.07, 6.45) is 3.67. The van der Waals surface area contributed by atoms with Gasteiger partial charge in [-0.05, 0) is 48.4 Å². The fraction of sp³-hybridized carbons (Fsp3) is 0.0952. The van der Waals surface area contributed by atoms with Crippen LogP contribution in [0.4, 0.5) is 0 Å². The Morgan fingerprint density at radius 3 is 1.88 bits per heavy atom. The molecule has 0 atom stereocenters. The van der Waals surface area contributed by atoms with Crippen LogP contribution in [0.3, 0.4) is 0 Å². The van der Waals surface area contributed by atoms with Crippen LogP contribution in [0.1, 0.15) is 11.1 Å². The normalized spacial score (nSPS) is 9.75. The van der Waals surface area contributed by atoms with E-state index in [0.29, 0.717) is 5.76 Å². The first-order valence-electron chi connectivity index (χ1n) is 7.32. The van der Waals surface area contributed by atoms with E-state index >= 15 is 0 Å². The van der Waals surface area contributed by atoms with Crippen molar-refractivity contribution in [2.24, 2.45) is 0 Å². The molecule has 3 nitrogen and oxygen atoms in total. The standard InChI is InChI=1S/C20H20O2.CH2O/c1-15-5-11-19(12-6-15)22-20-13-9-18(10-14-20)16(2)7-8-17(3)21-4;1-2/h5-14H,2-3H2,1,4H3;1H2/b8-7-;. The Labute approximate surface area is 143 Å². The molecule has 0 N–H and O–H groups in total. The number of hydrogen-bond donors (Lipinski definition) is 0. The van der Waals surface area contributed by atoms with Gasteiger partial charge < -0.3 is 14.3 Å². The summed E-state index contributed by atoms with van der Waals surface area (Å²) in [5.41, 5.74) is 3.12. The highest BCUT2D eigenvalue weighted by Gasteiger charge is 1.99. The number of ether oxygens (including phenoxy) is 2. The van der Waals surface area contributed by atoms with Gasteiger partial charge in [-0.15, -0.1) is 0 Å². The van der Waals surface area contributed by atoms with E-state index < -0.39 is 0 Å². The average Bonchev–Trinajstić information content (AvgIpc) is 2.63. The molecule has 24 heavy (non-hydrogen) atoms. The molecule has 0 spiro atoms. The van der Waals surface area contributed by atoms with Crippen molar-refractivity contribution >= 4 is 12.4 Å². The third-order valence-electron chi connectivity index (χ3n) is 3.21. The predicted octanol–water partition coefficient (Wildman–Crippen LogP) is 5.33. The summed E-state index contributed by atoms with van der Waals surface area (Å²) in [6, 6.07) is 15.8. The van der Waals surface area contributed by atoms with Gasteiger partial charge in [0.05, 0.1) is 7.11 Å². The summed E-state index contributed by atoms with van der Waals surface area (Å²) in [5, 5.41) is 0. The molecule has 0 heterocycles. The molecule has 124 valence electrons. The van der Waals surface area contributed by atoms with Crippen molar-refractivity contribution in [1.82, 2.24) is 0 Å². The molecule has 3 heteroatoms. The highest BCUT2D eigenvalue weighted by molar-refractivity contribution is 5.72. The average molecular weight is 322 g/mol. The minimum atomic E-state index is 0.598. The van der Waals surface area contributed by atoms with Gasteiger partial charge in [-0.3, -0.25) is 0 Å². The van der Waals surface area contributed by atoms with Crippen molar-refractivity contribution in [2.75, 3.05) is 7.11 Å². The highest BCUT2D eigenvalue weighted by Crippen LogP contribution is 2.24. The van der Waals surface area contributed by atoms with Crippen molar-refractivity contribution in [3.8, 4) is 11.5 Å². The second kappa shape index (κ2) is 9.85. The van der Waals surface area contributed by atoms with Crippen LogP contribution >= 0.6 is 0 Å². The third kappa shape index (κ3) is 5.97. The van der Waals surface area contributed by atoms with Crippen LogP contribution in [-0.2, 0) is 9.53 Å². The van der Waals surface area contributed by atoms with Crippen LogP contribution < -0.4 is 4.74 Å². The Bertz CT molecular complexity index is 695. The van der Waals surface area contributed by atoms with Gasteiger partial charge in [-0.25, -0.2) is 0 Å². The van der Waals surface area contributed by atoms with Crippen LogP contribution in [0, 0.1) is 6.92 Å². The van der Waals surface area contributed by atoms with Crippen LogP contribution in [-0.4, -0.2) is 13.9 Å². The molecular formula is C21H22O3. The summed E-state index contributed by atoms with van der Waals surface area (Å²) < 4.78 is 10.8. The van der Waals surface area contributed by atoms with Crippen molar-refractivity contribution in [1.29, 1.82) is 0 Å². The van der Waals surface area contributed by atoms with E-state index in [-0.39, 0.29) is 0 Å². The first-order chi connectivity index (χ1) is 11.6. The molecule has 0 unspecified atom stereocenters. The van der Waals surface area contributed by atoms with Gasteiger partial charge in [-0.2, -0.15) is 0 Å². The molecule has 2 rings (SSSR count). The van der Waals surface area contributed by atoms with Gasteiger partial charge in [0, 0.05) is 0 Å². The Hall–Kier alpha value is -3.07. The molecule has 2 aromatic rings. The molecule has 0 bridgehead atoms. The minimum Gasteiger partial charge on any atom is -0.497 e. The molecule has 0 fully saturated rings. The fourth-order valence-electron chi connectivity index (χ4n) is 1.84. The Morgan fingerprint density at radius 1 is 0.875 bits per heavy atom. The van der Waals surface area contributed by atoms with Gasteiger partial charge in [0.15, 0.2) is 0 Å². The number of carbonyl (C=O) groups is 1. The minimum absolute atomic E-state index is 0.598. The van der Waals surface area contributed by atoms with Crippen molar-refractivity contribution in [3.05, 3.63) is 90.7 Å². The zero-order valence-electron chi connectivity index (χ0n) is 14.1. The SMILES string of the molecule is C=C(/C=C\C(=C)c1ccc(Oc2ccc(C)cc2)cc1)OC.C=O. The Balaban J connectivity index is 0.00000139. The summed E-state index contributed by atoms with van der Waals surface area (Å²) in [5.74, 6) is 2.22. The molecule has 0 aliphatic heterocycles. The Kier molecular flexibility index (Phi) is 7.79. The molecule has 0 aliphatic carbocycles. The zero-order chi connectivity index (χ0) is 17.9. The number of hydrogen-bond acceptors (Lipinski definition) is 3. The summed E-state index contributed by atoms with van der Waals surface area (Å²) in [6.45, 7) is 11.8. The van der Waals surface area contributed by atoms with Crippen LogP contribution in [0.5, 0.6) is 11.5 Å². The van der Waals surface area contributed by atoms with E-state index in [9.17, 15) is 0 Å². The maximum Gasteiger partial charge on any atom is 0.127 e. The largest absolute Gasteiger partial charge is 0.497 e. The van der Waals surface area contributed by atoms with Crippen molar-refractivity contribution < 1.29 is 14.3 Å². The van der Waals surface area contributed by atoms with Gasteiger partial charge in [0.2, 0.25) is 0 Å². The van der Waals surface area contributed by atoms with Crippen LogP contribution in [0.15, 0.2) is 79.6 Å². The maximum atomic E-state index is 8.00. The lowest BCUT2D eigenvalue weighted by molar-refractivity contribution is -0.0979. The lowest BCUT2D eigenvalue weighted by Gasteiger charge is -2.07. The fourth-order valence-corrected chi connectivity index (χ4v) is 1.84. The van der Waals surface area contributed by atoms with E-state index in [2.05, 4.69) is 20.1 Å². The van der Waals surface area contributed by atoms with Crippen molar-refractivity contribution in [3.63, 3.8) is 0 Å². The van der Waals surface area contributed by atoms with E-state index in [4.69, 9.17) is 14.3 Å². The first-order valence-corrected chi connectivity index (χ1v) is 7.32. The summed E-state index contributed by atoms with van der Waals surface area (Å²) >= 11 is 0. The Morgan fingerprint density at radius 2 is 1.38 bits per heavy atom. The number of aryl methyl sites for hydroxylation is 1. The smallest absolute Gasteiger partial charge is 0.127 e. The topological polar surface area (TPSA) is 35.5 Å². The number of allylic oxidation sites excluding steroid dienone is 3.